The van der Waals surface area contributed by atoms with Crippen LogP contribution in [0.1, 0.15) is 30.4 Å². The highest BCUT2D eigenvalue weighted by Crippen LogP contribution is 2.40. The Bertz CT molecular complexity index is 605. The molecule has 0 radical (unpaired) electrons. The van der Waals surface area contributed by atoms with Crippen molar-refractivity contribution in [2.24, 2.45) is 16.6 Å². The van der Waals surface area contributed by atoms with E-state index in [1.807, 2.05) is 4.90 Å². The van der Waals surface area contributed by atoms with Gasteiger partial charge >= 0.3 is 6.03 Å². The Kier molecular flexibility index (Phi) is 2.43. The molecule has 1 fully saturated rings. The van der Waals surface area contributed by atoms with E-state index in [1.54, 1.807) is 0 Å². The Morgan fingerprint density at radius 2 is 2.05 bits per heavy atom. The van der Waals surface area contributed by atoms with E-state index in [0.717, 1.165) is 25.8 Å². The van der Waals surface area contributed by atoms with Gasteiger partial charge in [0.2, 0.25) is 0 Å². The Labute approximate surface area is 118 Å². The number of amides is 2. The number of hydrogen-bond donors (Lipinski definition) is 1. The summed E-state index contributed by atoms with van der Waals surface area (Å²) in [4.78, 5) is 18.2. The highest BCUT2D eigenvalue weighted by molar-refractivity contribution is 6.06. The van der Waals surface area contributed by atoms with Crippen LogP contribution in [-0.4, -0.2) is 28.9 Å². The molecule has 4 rings (SSSR count). The number of carbonyl (C=O) groups excluding carboxylic acids is 1. The molecule has 20 heavy (non-hydrogen) atoms. The molecule has 104 valence electrons. The molecule has 1 unspecified atom stereocenters. The first-order valence-electron chi connectivity index (χ1n) is 7.42. The fourth-order valence-corrected chi connectivity index (χ4v) is 3.57. The summed E-state index contributed by atoms with van der Waals surface area (Å²) in [5, 5.41) is 0. The molecular weight excluding hydrogens is 250 g/mol. The Balaban J connectivity index is 1.71. The third kappa shape index (κ3) is 1.67. The lowest BCUT2D eigenvalue weighted by atomic mass is 9.76. The van der Waals surface area contributed by atoms with Crippen LogP contribution in [0.15, 0.2) is 29.3 Å². The fourth-order valence-electron chi connectivity index (χ4n) is 3.57. The molecule has 2 N–H and O–H groups in total. The van der Waals surface area contributed by atoms with E-state index in [0.29, 0.717) is 11.8 Å². The molecule has 4 nitrogen and oxygen atoms in total. The maximum atomic E-state index is 12.2. The molecule has 1 spiro atoms. The second-order valence-corrected chi connectivity index (χ2v) is 6.31. The lowest BCUT2D eigenvalue weighted by Gasteiger charge is -2.41. The van der Waals surface area contributed by atoms with Crippen LogP contribution in [-0.2, 0) is 12.8 Å². The fraction of sp³-hybridized carbons (Fsp3) is 0.500. The second kappa shape index (κ2) is 4.08. The minimum absolute atomic E-state index is 0.131. The average molecular weight is 269 g/mol. The molecule has 1 aromatic carbocycles. The van der Waals surface area contributed by atoms with Crippen LogP contribution >= 0.6 is 0 Å². The van der Waals surface area contributed by atoms with Gasteiger partial charge in [0.25, 0.3) is 0 Å². The van der Waals surface area contributed by atoms with Gasteiger partial charge in [0, 0.05) is 13.0 Å². The molecular formula is C16H19N3O. The van der Waals surface area contributed by atoms with Crippen LogP contribution < -0.4 is 5.73 Å². The number of urea groups is 1. The molecule has 1 saturated carbocycles. The molecule has 2 amide bonds. The van der Waals surface area contributed by atoms with Crippen molar-refractivity contribution in [2.45, 2.75) is 37.6 Å². The minimum Gasteiger partial charge on any atom is -0.385 e. The topological polar surface area (TPSA) is 58.7 Å². The van der Waals surface area contributed by atoms with Crippen molar-refractivity contribution in [2.75, 3.05) is 6.54 Å². The van der Waals surface area contributed by atoms with E-state index in [4.69, 9.17) is 5.73 Å². The van der Waals surface area contributed by atoms with E-state index in [-0.39, 0.29) is 11.6 Å². The van der Waals surface area contributed by atoms with Gasteiger partial charge in [-0.15, -0.1) is 0 Å². The smallest absolute Gasteiger partial charge is 0.346 e. The standard InChI is InChI=1S/C16H19N3O/c17-14-16(19(15(20)18-14)10-11-5-6-11)8-7-12-3-1-2-4-13(12)9-16/h1-4,11H,5-10H2,(H2,17,18,20). The van der Waals surface area contributed by atoms with Crippen LogP contribution in [0.4, 0.5) is 4.79 Å². The van der Waals surface area contributed by atoms with Crippen LogP contribution in [0.2, 0.25) is 0 Å². The largest absolute Gasteiger partial charge is 0.385 e. The molecule has 0 bridgehead atoms. The Hall–Kier alpha value is -1.84. The van der Waals surface area contributed by atoms with Gasteiger partial charge in [0.15, 0.2) is 0 Å². The molecule has 1 aliphatic heterocycles. The summed E-state index contributed by atoms with van der Waals surface area (Å²) >= 11 is 0. The number of benzene rings is 1. The van der Waals surface area contributed by atoms with Crippen LogP contribution in [0, 0.1) is 5.92 Å². The quantitative estimate of drug-likeness (QED) is 0.894. The van der Waals surface area contributed by atoms with Crippen molar-refractivity contribution in [3.8, 4) is 0 Å². The monoisotopic (exact) mass is 269 g/mol. The number of fused-ring (bicyclic) bond motifs is 1. The van der Waals surface area contributed by atoms with Gasteiger partial charge in [-0.3, -0.25) is 0 Å². The van der Waals surface area contributed by atoms with Crippen molar-refractivity contribution in [1.29, 1.82) is 0 Å². The van der Waals surface area contributed by atoms with Crippen molar-refractivity contribution in [3.63, 3.8) is 0 Å². The molecule has 3 aliphatic rings. The lowest BCUT2D eigenvalue weighted by Crippen LogP contribution is -2.57. The van der Waals surface area contributed by atoms with Gasteiger partial charge in [-0.1, -0.05) is 24.3 Å². The maximum Gasteiger partial charge on any atom is 0.346 e. The summed E-state index contributed by atoms with van der Waals surface area (Å²) in [6, 6.07) is 8.34. The summed E-state index contributed by atoms with van der Waals surface area (Å²) in [6.45, 7) is 0.825. The van der Waals surface area contributed by atoms with Gasteiger partial charge < -0.3 is 10.6 Å². The number of rotatable bonds is 2. The van der Waals surface area contributed by atoms with E-state index in [1.165, 1.54) is 24.0 Å². The number of carbonyl (C=O) groups is 1. The predicted molar refractivity (Wildman–Crippen MR) is 77.6 cm³/mol. The van der Waals surface area contributed by atoms with Gasteiger partial charge in [-0.05, 0) is 42.7 Å². The maximum absolute atomic E-state index is 12.2. The van der Waals surface area contributed by atoms with Crippen LogP contribution in [0.5, 0.6) is 0 Å². The normalized spacial score (nSPS) is 28.7. The minimum atomic E-state index is -0.353. The lowest BCUT2D eigenvalue weighted by molar-refractivity contribution is 0.156. The molecule has 1 heterocycles. The van der Waals surface area contributed by atoms with Crippen LogP contribution in [0.3, 0.4) is 0 Å². The van der Waals surface area contributed by atoms with Crippen molar-refractivity contribution >= 4 is 11.9 Å². The molecule has 0 saturated heterocycles. The van der Waals surface area contributed by atoms with Gasteiger partial charge in [-0.25, -0.2) is 4.79 Å². The molecule has 4 heteroatoms. The number of hydrogen-bond acceptors (Lipinski definition) is 2. The molecule has 1 aromatic rings. The molecule has 0 aromatic heterocycles. The van der Waals surface area contributed by atoms with Crippen molar-refractivity contribution in [3.05, 3.63) is 35.4 Å². The zero-order valence-corrected chi connectivity index (χ0v) is 11.5. The first kappa shape index (κ1) is 11.9. The summed E-state index contributed by atoms with van der Waals surface area (Å²) < 4.78 is 0. The number of aryl methyl sites for hydroxylation is 1. The van der Waals surface area contributed by atoms with Gasteiger partial charge in [-0.2, -0.15) is 4.99 Å². The zero-order chi connectivity index (χ0) is 13.7. The van der Waals surface area contributed by atoms with Crippen molar-refractivity contribution in [1.82, 2.24) is 4.90 Å². The number of amidine groups is 1. The zero-order valence-electron chi connectivity index (χ0n) is 11.5. The van der Waals surface area contributed by atoms with Gasteiger partial charge in [0.1, 0.15) is 11.4 Å². The summed E-state index contributed by atoms with van der Waals surface area (Å²) in [7, 11) is 0. The van der Waals surface area contributed by atoms with Crippen molar-refractivity contribution < 1.29 is 4.79 Å². The Morgan fingerprint density at radius 1 is 1.30 bits per heavy atom. The number of nitrogens with two attached hydrogens (primary N) is 1. The summed E-state index contributed by atoms with van der Waals surface area (Å²) in [6.07, 6.45) is 5.16. The predicted octanol–water partition coefficient (Wildman–Crippen LogP) is 2.12. The van der Waals surface area contributed by atoms with E-state index in [9.17, 15) is 4.79 Å². The van der Waals surface area contributed by atoms with Crippen LogP contribution in [0.25, 0.3) is 0 Å². The number of nitrogens with zero attached hydrogens (tertiary/aromatic N) is 2. The first-order chi connectivity index (χ1) is 9.69. The summed E-state index contributed by atoms with van der Waals surface area (Å²) in [5.41, 5.74) is 8.51. The Morgan fingerprint density at radius 3 is 2.80 bits per heavy atom. The van der Waals surface area contributed by atoms with E-state index >= 15 is 0 Å². The highest BCUT2D eigenvalue weighted by atomic mass is 16.2. The summed E-state index contributed by atoms with van der Waals surface area (Å²) in [5.74, 6) is 1.19. The molecule has 1 atom stereocenters. The SMILES string of the molecule is NC1=NC(=O)N(CC2CC2)C12CCc1ccccc1C2. The highest BCUT2D eigenvalue weighted by Gasteiger charge is 2.50. The second-order valence-electron chi connectivity index (χ2n) is 6.31. The first-order valence-corrected chi connectivity index (χ1v) is 7.42. The average Bonchev–Trinajstić information content (AvgIpc) is 3.24. The number of aliphatic imine (C=N–C) groups is 1. The van der Waals surface area contributed by atoms with Gasteiger partial charge in [0.05, 0.1) is 0 Å². The van der Waals surface area contributed by atoms with E-state index in [2.05, 4.69) is 29.3 Å². The third-order valence-electron chi connectivity index (χ3n) is 4.99. The molecule has 2 aliphatic carbocycles. The third-order valence-corrected chi connectivity index (χ3v) is 4.99. The van der Waals surface area contributed by atoms with E-state index < -0.39 is 0 Å².